The van der Waals surface area contributed by atoms with Gasteiger partial charge < -0.3 is 9.47 Å². The fourth-order valence-electron chi connectivity index (χ4n) is 2.67. The standard InChI is InChI=1S/C16H14N2O2/c1-2-4-12-11(3-1)13(15-17-7-9-19-15)5-6-14(12)16-18-8-10-20-16/h1-6H,7-10H2. The summed E-state index contributed by atoms with van der Waals surface area (Å²) >= 11 is 0. The van der Waals surface area contributed by atoms with Crippen LogP contribution in [0.5, 0.6) is 0 Å². The number of aliphatic imine (C=N–C) groups is 2. The molecule has 0 atom stereocenters. The Morgan fingerprint density at radius 2 is 1.20 bits per heavy atom. The van der Waals surface area contributed by atoms with Crippen LogP contribution in [0.25, 0.3) is 10.8 Å². The van der Waals surface area contributed by atoms with Crippen molar-refractivity contribution >= 4 is 22.6 Å². The van der Waals surface area contributed by atoms with Crippen molar-refractivity contribution in [1.82, 2.24) is 0 Å². The summed E-state index contributed by atoms with van der Waals surface area (Å²) in [6.07, 6.45) is 0. The zero-order chi connectivity index (χ0) is 13.4. The molecule has 0 aromatic heterocycles. The minimum Gasteiger partial charge on any atom is -0.475 e. The lowest BCUT2D eigenvalue weighted by Crippen LogP contribution is -2.06. The van der Waals surface area contributed by atoms with Gasteiger partial charge in [0.2, 0.25) is 11.8 Å². The summed E-state index contributed by atoms with van der Waals surface area (Å²) in [6.45, 7) is 2.81. The zero-order valence-corrected chi connectivity index (χ0v) is 11.0. The Morgan fingerprint density at radius 3 is 1.60 bits per heavy atom. The van der Waals surface area contributed by atoms with Gasteiger partial charge in [-0.3, -0.25) is 0 Å². The monoisotopic (exact) mass is 266 g/mol. The Balaban J connectivity index is 1.94. The molecule has 0 aliphatic carbocycles. The Hall–Kier alpha value is -2.36. The Labute approximate surface area is 116 Å². The van der Waals surface area contributed by atoms with Crippen LogP contribution in [0.15, 0.2) is 46.4 Å². The third kappa shape index (κ3) is 1.76. The van der Waals surface area contributed by atoms with E-state index in [1.807, 2.05) is 24.3 Å². The molecule has 4 heteroatoms. The molecule has 0 N–H and O–H groups in total. The average molecular weight is 266 g/mol. The number of nitrogens with zero attached hydrogens (tertiary/aromatic N) is 2. The molecular weight excluding hydrogens is 252 g/mol. The fourth-order valence-corrected chi connectivity index (χ4v) is 2.67. The molecule has 2 aliphatic rings. The predicted molar refractivity (Wildman–Crippen MR) is 78.7 cm³/mol. The van der Waals surface area contributed by atoms with Crippen molar-refractivity contribution in [2.24, 2.45) is 9.98 Å². The summed E-state index contributed by atoms with van der Waals surface area (Å²) < 4.78 is 11.2. The number of rotatable bonds is 2. The van der Waals surface area contributed by atoms with Crippen molar-refractivity contribution < 1.29 is 9.47 Å². The number of ether oxygens (including phenoxy) is 2. The van der Waals surface area contributed by atoms with E-state index in [1.165, 1.54) is 0 Å². The van der Waals surface area contributed by atoms with Crippen molar-refractivity contribution in [2.45, 2.75) is 0 Å². The summed E-state index contributed by atoms with van der Waals surface area (Å²) in [5.41, 5.74) is 2.08. The van der Waals surface area contributed by atoms with Crippen molar-refractivity contribution in [2.75, 3.05) is 26.3 Å². The Morgan fingerprint density at radius 1 is 0.700 bits per heavy atom. The van der Waals surface area contributed by atoms with E-state index < -0.39 is 0 Å². The summed E-state index contributed by atoms with van der Waals surface area (Å²) in [7, 11) is 0. The van der Waals surface area contributed by atoms with Crippen LogP contribution in [-0.2, 0) is 9.47 Å². The van der Waals surface area contributed by atoms with Gasteiger partial charge in [-0.15, -0.1) is 0 Å². The van der Waals surface area contributed by atoms with Gasteiger partial charge in [0.1, 0.15) is 13.2 Å². The number of hydrogen-bond donors (Lipinski definition) is 0. The maximum Gasteiger partial charge on any atom is 0.216 e. The van der Waals surface area contributed by atoms with E-state index in [-0.39, 0.29) is 0 Å². The van der Waals surface area contributed by atoms with E-state index in [4.69, 9.17) is 9.47 Å². The van der Waals surface area contributed by atoms with Crippen LogP contribution in [-0.4, -0.2) is 38.1 Å². The first-order chi connectivity index (χ1) is 9.93. The van der Waals surface area contributed by atoms with E-state index >= 15 is 0 Å². The molecule has 2 aromatic carbocycles. The molecule has 4 nitrogen and oxygen atoms in total. The van der Waals surface area contributed by atoms with E-state index in [9.17, 15) is 0 Å². The minimum atomic E-state index is 0.668. The Bertz CT molecular complexity index is 672. The maximum atomic E-state index is 5.60. The first-order valence-electron chi connectivity index (χ1n) is 6.80. The highest BCUT2D eigenvalue weighted by atomic mass is 16.5. The van der Waals surface area contributed by atoms with Crippen LogP contribution >= 0.6 is 0 Å². The van der Waals surface area contributed by atoms with Gasteiger partial charge in [0.25, 0.3) is 0 Å². The SMILES string of the molecule is c1ccc2c(C3=NCCO3)ccc(C3=NCCO3)c2c1. The predicted octanol–water partition coefficient (Wildman–Crippen LogP) is 2.39. The molecule has 100 valence electrons. The highest BCUT2D eigenvalue weighted by Crippen LogP contribution is 2.26. The molecule has 0 spiro atoms. The maximum absolute atomic E-state index is 5.60. The largest absolute Gasteiger partial charge is 0.475 e. The number of hydrogen-bond acceptors (Lipinski definition) is 4. The van der Waals surface area contributed by atoms with Crippen LogP contribution in [0.1, 0.15) is 11.1 Å². The summed E-state index contributed by atoms with van der Waals surface area (Å²) in [4.78, 5) is 8.83. The second-order valence-electron chi connectivity index (χ2n) is 4.78. The molecule has 4 rings (SSSR count). The molecule has 2 heterocycles. The normalized spacial score (nSPS) is 17.6. The summed E-state index contributed by atoms with van der Waals surface area (Å²) in [5, 5.41) is 2.26. The lowest BCUT2D eigenvalue weighted by Gasteiger charge is -2.11. The third-order valence-corrected chi connectivity index (χ3v) is 3.56. The van der Waals surface area contributed by atoms with Gasteiger partial charge in [-0.25, -0.2) is 9.98 Å². The zero-order valence-electron chi connectivity index (χ0n) is 11.0. The van der Waals surface area contributed by atoms with E-state index in [0.717, 1.165) is 46.8 Å². The van der Waals surface area contributed by atoms with Gasteiger partial charge in [-0.1, -0.05) is 24.3 Å². The molecule has 0 unspecified atom stereocenters. The quantitative estimate of drug-likeness (QED) is 0.837. The molecule has 2 aromatic rings. The topological polar surface area (TPSA) is 43.2 Å². The molecule has 20 heavy (non-hydrogen) atoms. The van der Waals surface area contributed by atoms with Crippen LogP contribution in [0.3, 0.4) is 0 Å². The van der Waals surface area contributed by atoms with Crippen molar-refractivity contribution in [3.63, 3.8) is 0 Å². The fraction of sp³-hybridized carbons (Fsp3) is 0.250. The van der Waals surface area contributed by atoms with E-state index in [1.54, 1.807) is 0 Å². The van der Waals surface area contributed by atoms with Crippen LogP contribution in [0.4, 0.5) is 0 Å². The highest BCUT2D eigenvalue weighted by molar-refractivity contribution is 6.14. The average Bonchev–Trinajstić information content (AvgIpc) is 3.19. The van der Waals surface area contributed by atoms with Gasteiger partial charge in [0, 0.05) is 11.1 Å². The van der Waals surface area contributed by atoms with Crippen molar-refractivity contribution in [3.8, 4) is 0 Å². The molecule has 0 amide bonds. The van der Waals surface area contributed by atoms with Crippen molar-refractivity contribution in [1.29, 1.82) is 0 Å². The third-order valence-electron chi connectivity index (χ3n) is 3.56. The molecule has 0 bridgehead atoms. The number of benzene rings is 2. The first kappa shape index (κ1) is 11.5. The molecule has 0 radical (unpaired) electrons. The summed E-state index contributed by atoms with van der Waals surface area (Å²) in [5.74, 6) is 1.48. The second-order valence-corrected chi connectivity index (χ2v) is 4.78. The highest BCUT2D eigenvalue weighted by Gasteiger charge is 2.18. The molecule has 0 saturated heterocycles. The molecule has 0 fully saturated rings. The van der Waals surface area contributed by atoms with Crippen LogP contribution in [0, 0.1) is 0 Å². The van der Waals surface area contributed by atoms with Gasteiger partial charge in [0.05, 0.1) is 13.1 Å². The second kappa shape index (κ2) is 4.63. The molecule has 2 aliphatic heterocycles. The first-order valence-corrected chi connectivity index (χ1v) is 6.80. The van der Waals surface area contributed by atoms with Gasteiger partial charge in [0.15, 0.2) is 0 Å². The van der Waals surface area contributed by atoms with E-state index in [2.05, 4.69) is 22.1 Å². The van der Waals surface area contributed by atoms with Crippen molar-refractivity contribution in [3.05, 3.63) is 47.5 Å². The van der Waals surface area contributed by atoms with Crippen LogP contribution in [0.2, 0.25) is 0 Å². The van der Waals surface area contributed by atoms with Crippen LogP contribution < -0.4 is 0 Å². The van der Waals surface area contributed by atoms with Gasteiger partial charge >= 0.3 is 0 Å². The lowest BCUT2D eigenvalue weighted by molar-refractivity contribution is 0.348. The van der Waals surface area contributed by atoms with E-state index in [0.29, 0.717) is 13.2 Å². The molecular formula is C16H14N2O2. The summed E-state index contributed by atoms with van der Waals surface area (Å²) in [6, 6.07) is 12.3. The number of fused-ring (bicyclic) bond motifs is 1. The molecule has 0 saturated carbocycles. The van der Waals surface area contributed by atoms with Gasteiger partial charge in [-0.2, -0.15) is 0 Å². The minimum absolute atomic E-state index is 0.668. The Kier molecular flexibility index (Phi) is 2.66. The smallest absolute Gasteiger partial charge is 0.216 e. The van der Waals surface area contributed by atoms with Gasteiger partial charge in [-0.05, 0) is 22.9 Å². The lowest BCUT2D eigenvalue weighted by atomic mass is 9.99.